The maximum Gasteiger partial charge on any atom is 0.373 e. The molecule has 0 unspecified atom stereocenters. The Hall–Kier alpha value is -1.86. The minimum Gasteiger partial charge on any atom is -0.463 e. The summed E-state index contributed by atoms with van der Waals surface area (Å²) in [6, 6.07) is 3.12. The van der Waals surface area contributed by atoms with Crippen molar-refractivity contribution < 1.29 is 23.5 Å². The van der Waals surface area contributed by atoms with Crippen LogP contribution in [0.5, 0.6) is 0 Å². The molecule has 0 bridgehead atoms. The van der Waals surface area contributed by atoms with Crippen LogP contribution in [-0.4, -0.2) is 37.7 Å². The molecule has 0 saturated carbocycles. The largest absolute Gasteiger partial charge is 0.463 e. The van der Waals surface area contributed by atoms with Gasteiger partial charge in [-0.1, -0.05) is 0 Å². The molecule has 1 aliphatic rings. The van der Waals surface area contributed by atoms with Crippen LogP contribution in [0.25, 0.3) is 0 Å². The monoisotopic (exact) mass is 282 g/mol. The third-order valence-electron chi connectivity index (χ3n) is 3.15. The summed E-state index contributed by atoms with van der Waals surface area (Å²) in [4.78, 5) is 23.1. The molecular formula is C13H18N2O5. The Morgan fingerprint density at radius 2 is 2.25 bits per heavy atom. The molecule has 110 valence electrons. The van der Waals surface area contributed by atoms with Gasteiger partial charge in [-0.2, -0.15) is 0 Å². The second-order valence-electron chi connectivity index (χ2n) is 4.54. The molecule has 0 spiro atoms. The predicted octanol–water partition coefficient (Wildman–Crippen LogP) is 0.189. The molecule has 7 nitrogen and oxygen atoms in total. The van der Waals surface area contributed by atoms with E-state index >= 15 is 0 Å². The van der Waals surface area contributed by atoms with Gasteiger partial charge in [-0.15, -0.1) is 0 Å². The second-order valence-corrected chi connectivity index (χ2v) is 4.54. The Labute approximate surface area is 116 Å². The van der Waals surface area contributed by atoms with Crippen LogP contribution in [-0.2, 0) is 20.8 Å². The molecule has 20 heavy (non-hydrogen) atoms. The molecule has 0 aromatic carbocycles. The molecule has 1 amide bonds. The highest BCUT2D eigenvalue weighted by Gasteiger charge is 2.29. The highest BCUT2D eigenvalue weighted by Crippen LogP contribution is 2.19. The van der Waals surface area contributed by atoms with E-state index in [2.05, 4.69) is 10.1 Å². The molecule has 1 saturated heterocycles. The van der Waals surface area contributed by atoms with Gasteiger partial charge in [0.15, 0.2) is 0 Å². The second kappa shape index (κ2) is 6.53. The van der Waals surface area contributed by atoms with Crippen LogP contribution in [0.2, 0.25) is 0 Å². The molecule has 1 fully saturated rings. The molecule has 1 aromatic heterocycles. The van der Waals surface area contributed by atoms with Gasteiger partial charge in [-0.25, -0.2) is 4.79 Å². The fraction of sp³-hybridized carbons (Fsp3) is 0.538. The molecule has 1 aromatic rings. The Kier molecular flexibility index (Phi) is 4.75. The van der Waals surface area contributed by atoms with E-state index in [1.807, 2.05) is 0 Å². The smallest absolute Gasteiger partial charge is 0.373 e. The number of nitrogens with one attached hydrogen (secondary N) is 1. The lowest BCUT2D eigenvalue weighted by atomic mass is 10.2. The molecule has 1 aliphatic heterocycles. The van der Waals surface area contributed by atoms with E-state index in [4.69, 9.17) is 14.9 Å². The topological polar surface area (TPSA) is 104 Å². The van der Waals surface area contributed by atoms with Crippen LogP contribution < -0.4 is 11.1 Å². The Morgan fingerprint density at radius 3 is 2.90 bits per heavy atom. The van der Waals surface area contributed by atoms with Crippen LogP contribution in [0.1, 0.15) is 29.2 Å². The molecule has 3 N–H and O–H groups in total. The molecular weight excluding hydrogens is 264 g/mol. The van der Waals surface area contributed by atoms with E-state index in [1.165, 1.54) is 13.2 Å². The van der Waals surface area contributed by atoms with Crippen molar-refractivity contribution in [3.05, 3.63) is 23.7 Å². The summed E-state index contributed by atoms with van der Waals surface area (Å²) in [7, 11) is 1.28. The van der Waals surface area contributed by atoms with Crippen molar-refractivity contribution in [2.24, 2.45) is 5.73 Å². The van der Waals surface area contributed by atoms with Gasteiger partial charge < -0.3 is 24.9 Å². The molecule has 2 heterocycles. The number of ether oxygens (including phenoxy) is 2. The molecule has 2 atom stereocenters. The minimum atomic E-state index is -0.549. The number of esters is 1. The first-order valence-electron chi connectivity index (χ1n) is 6.44. The van der Waals surface area contributed by atoms with Gasteiger partial charge in [-0.3, -0.25) is 4.79 Å². The first-order chi connectivity index (χ1) is 9.63. The summed E-state index contributed by atoms with van der Waals surface area (Å²) < 4.78 is 15.3. The third kappa shape index (κ3) is 3.37. The summed E-state index contributed by atoms with van der Waals surface area (Å²) in [6.45, 7) is 0.618. The normalized spacial score (nSPS) is 21.7. The highest BCUT2D eigenvalue weighted by molar-refractivity contribution is 5.86. The zero-order valence-corrected chi connectivity index (χ0v) is 11.3. The number of hydrogen-bond acceptors (Lipinski definition) is 6. The van der Waals surface area contributed by atoms with Gasteiger partial charge in [0.05, 0.1) is 19.8 Å². The average molecular weight is 282 g/mol. The first kappa shape index (κ1) is 14.5. The van der Waals surface area contributed by atoms with E-state index < -0.39 is 12.1 Å². The van der Waals surface area contributed by atoms with Crippen LogP contribution in [0.3, 0.4) is 0 Å². The van der Waals surface area contributed by atoms with Crippen LogP contribution in [0.4, 0.5) is 0 Å². The Balaban J connectivity index is 1.81. The average Bonchev–Trinajstić information content (AvgIpc) is 3.12. The summed E-state index contributed by atoms with van der Waals surface area (Å²) in [6.07, 6.45) is 0.958. The zero-order chi connectivity index (χ0) is 14.5. The number of nitrogens with two attached hydrogens (primary N) is 1. The standard InChI is InChI=1S/C13H18N2O5/c1-18-13(17)11-5-3-9(20-11)7-15-12(16)10-4-2-8(6-14)19-10/h3,5,8,10H,2,4,6-7,14H2,1H3,(H,15,16)/t8-,10+/m1/s1. The van der Waals surface area contributed by atoms with Gasteiger partial charge in [-0.05, 0) is 25.0 Å². The Morgan fingerprint density at radius 1 is 1.45 bits per heavy atom. The summed E-state index contributed by atoms with van der Waals surface area (Å²) in [5.41, 5.74) is 5.49. The van der Waals surface area contributed by atoms with Crippen LogP contribution in [0.15, 0.2) is 16.5 Å². The Bertz CT molecular complexity index is 485. The number of carbonyl (C=O) groups is 2. The number of furan rings is 1. The number of amides is 1. The van der Waals surface area contributed by atoms with E-state index in [-0.39, 0.29) is 24.3 Å². The van der Waals surface area contributed by atoms with Gasteiger partial charge >= 0.3 is 5.97 Å². The number of rotatable bonds is 5. The summed E-state index contributed by atoms with van der Waals surface area (Å²) in [5.74, 6) is -0.159. The fourth-order valence-electron chi connectivity index (χ4n) is 2.04. The maximum absolute atomic E-state index is 11.9. The molecule has 0 radical (unpaired) electrons. The SMILES string of the molecule is COC(=O)c1ccc(CNC(=O)[C@@H]2CC[C@H](CN)O2)o1. The highest BCUT2D eigenvalue weighted by atomic mass is 16.5. The quantitative estimate of drug-likeness (QED) is 0.747. The van der Waals surface area contributed by atoms with Crippen molar-refractivity contribution in [1.29, 1.82) is 0 Å². The lowest BCUT2D eigenvalue weighted by Crippen LogP contribution is -2.35. The molecule has 7 heteroatoms. The molecule has 2 rings (SSSR count). The van der Waals surface area contributed by atoms with Crippen molar-refractivity contribution in [2.45, 2.75) is 31.6 Å². The van der Waals surface area contributed by atoms with Crippen molar-refractivity contribution in [1.82, 2.24) is 5.32 Å². The minimum absolute atomic E-state index is 0.0414. The van der Waals surface area contributed by atoms with Gasteiger partial charge in [0.1, 0.15) is 11.9 Å². The van der Waals surface area contributed by atoms with Crippen molar-refractivity contribution in [2.75, 3.05) is 13.7 Å². The lowest BCUT2D eigenvalue weighted by Gasteiger charge is -2.11. The predicted molar refractivity (Wildman–Crippen MR) is 68.8 cm³/mol. The van der Waals surface area contributed by atoms with Crippen molar-refractivity contribution in [3.8, 4) is 0 Å². The number of methoxy groups -OCH3 is 1. The van der Waals surface area contributed by atoms with E-state index in [9.17, 15) is 9.59 Å². The fourth-order valence-corrected chi connectivity index (χ4v) is 2.04. The van der Waals surface area contributed by atoms with Crippen molar-refractivity contribution in [3.63, 3.8) is 0 Å². The van der Waals surface area contributed by atoms with Crippen molar-refractivity contribution >= 4 is 11.9 Å². The van der Waals surface area contributed by atoms with E-state index in [1.54, 1.807) is 6.07 Å². The summed E-state index contributed by atoms with van der Waals surface area (Å²) in [5, 5.41) is 2.71. The molecule has 0 aliphatic carbocycles. The van der Waals surface area contributed by atoms with Gasteiger partial charge in [0, 0.05) is 6.54 Å². The van der Waals surface area contributed by atoms with Crippen LogP contribution >= 0.6 is 0 Å². The van der Waals surface area contributed by atoms with Gasteiger partial charge in [0.2, 0.25) is 11.7 Å². The maximum atomic E-state index is 11.9. The zero-order valence-electron chi connectivity index (χ0n) is 11.3. The first-order valence-corrected chi connectivity index (χ1v) is 6.44. The van der Waals surface area contributed by atoms with E-state index in [0.717, 1.165) is 6.42 Å². The lowest BCUT2D eigenvalue weighted by molar-refractivity contribution is -0.132. The number of carbonyl (C=O) groups excluding carboxylic acids is 2. The number of hydrogen-bond donors (Lipinski definition) is 2. The van der Waals surface area contributed by atoms with E-state index in [0.29, 0.717) is 18.7 Å². The van der Waals surface area contributed by atoms with Gasteiger partial charge in [0.25, 0.3) is 0 Å². The summed E-state index contributed by atoms with van der Waals surface area (Å²) >= 11 is 0. The third-order valence-corrected chi connectivity index (χ3v) is 3.15. The van der Waals surface area contributed by atoms with Crippen LogP contribution in [0, 0.1) is 0 Å².